The van der Waals surface area contributed by atoms with Gasteiger partial charge in [0.15, 0.2) is 5.25 Å². The van der Waals surface area contributed by atoms with Gasteiger partial charge in [0.05, 0.1) is 6.07 Å². The molecule has 0 aromatic heterocycles. The minimum atomic E-state index is -3.41. The molecule has 0 saturated heterocycles. The van der Waals surface area contributed by atoms with Crippen LogP contribution in [-0.4, -0.2) is 25.5 Å². The Morgan fingerprint density at radius 2 is 2.25 bits per heavy atom. The third kappa shape index (κ3) is 4.04. The largest absolute Gasteiger partial charge is 0.227 e. The molecule has 70 valence electrons. The predicted octanol–water partition coefficient (Wildman–Crippen LogP) is 0.603. The van der Waals surface area contributed by atoms with E-state index in [1.54, 1.807) is 6.07 Å². The molecule has 4 nitrogen and oxygen atoms in total. The fraction of sp³-hybridized carbons (Fsp3) is 0.833. The Balaban J connectivity index is 3.99. The molecule has 0 rings (SSSR count). The smallest absolute Gasteiger partial charge is 0.214 e. The van der Waals surface area contributed by atoms with Gasteiger partial charge in [-0.2, -0.15) is 5.26 Å². The van der Waals surface area contributed by atoms with Gasteiger partial charge in [-0.25, -0.2) is 13.1 Å². The van der Waals surface area contributed by atoms with E-state index in [2.05, 4.69) is 20.7 Å². The lowest BCUT2D eigenvalue weighted by Gasteiger charge is -2.05. The SMILES string of the molecule is CC(C#N)S(=O)(=O)NCCCBr. The lowest BCUT2D eigenvalue weighted by molar-refractivity contribution is 0.576. The maximum Gasteiger partial charge on any atom is 0.227 e. The van der Waals surface area contributed by atoms with E-state index in [0.717, 1.165) is 11.8 Å². The van der Waals surface area contributed by atoms with Crippen LogP contribution in [0.1, 0.15) is 13.3 Å². The van der Waals surface area contributed by atoms with Crippen LogP contribution >= 0.6 is 15.9 Å². The van der Waals surface area contributed by atoms with Gasteiger partial charge >= 0.3 is 0 Å². The van der Waals surface area contributed by atoms with Crippen molar-refractivity contribution in [3.8, 4) is 6.07 Å². The normalized spacial score (nSPS) is 13.8. The second kappa shape index (κ2) is 5.51. The maximum atomic E-state index is 11.1. The van der Waals surface area contributed by atoms with Crippen molar-refractivity contribution in [2.75, 3.05) is 11.9 Å². The summed E-state index contributed by atoms with van der Waals surface area (Å²) >= 11 is 3.17. The van der Waals surface area contributed by atoms with Crippen molar-refractivity contribution in [1.82, 2.24) is 4.72 Å². The quantitative estimate of drug-likeness (QED) is 0.577. The van der Waals surface area contributed by atoms with E-state index in [1.165, 1.54) is 6.92 Å². The fourth-order valence-corrected chi connectivity index (χ4v) is 1.57. The Kier molecular flexibility index (Phi) is 5.46. The van der Waals surface area contributed by atoms with Crippen LogP contribution in [-0.2, 0) is 10.0 Å². The molecular formula is C6H11BrN2O2S. The van der Waals surface area contributed by atoms with Crippen LogP contribution in [0.25, 0.3) is 0 Å². The first-order chi connectivity index (χ1) is 5.54. The molecule has 0 bridgehead atoms. The highest BCUT2D eigenvalue weighted by Gasteiger charge is 2.18. The van der Waals surface area contributed by atoms with Gasteiger partial charge in [0.1, 0.15) is 0 Å². The number of sulfonamides is 1. The number of alkyl halides is 1. The van der Waals surface area contributed by atoms with Crippen LogP contribution in [0.4, 0.5) is 0 Å². The second-order valence-corrected chi connectivity index (χ2v) is 5.13. The van der Waals surface area contributed by atoms with E-state index in [1.807, 2.05) is 0 Å². The maximum absolute atomic E-state index is 11.1. The molecule has 1 N–H and O–H groups in total. The Morgan fingerprint density at radius 1 is 1.67 bits per heavy atom. The van der Waals surface area contributed by atoms with Crippen molar-refractivity contribution in [2.24, 2.45) is 0 Å². The third-order valence-corrected chi connectivity index (χ3v) is 3.46. The summed E-state index contributed by atoms with van der Waals surface area (Å²) in [5.41, 5.74) is 0. The Bertz CT molecular complexity index is 257. The monoisotopic (exact) mass is 254 g/mol. The molecule has 0 heterocycles. The van der Waals surface area contributed by atoms with Crippen LogP contribution < -0.4 is 4.72 Å². The van der Waals surface area contributed by atoms with Crippen LogP contribution in [0, 0.1) is 11.3 Å². The molecule has 0 spiro atoms. The molecule has 0 radical (unpaired) electrons. The summed E-state index contributed by atoms with van der Waals surface area (Å²) in [4.78, 5) is 0. The molecule has 1 unspecified atom stereocenters. The van der Waals surface area contributed by atoms with Crippen molar-refractivity contribution >= 4 is 26.0 Å². The summed E-state index contributed by atoms with van der Waals surface area (Å²) in [5, 5.41) is 8.12. The zero-order valence-electron chi connectivity index (χ0n) is 6.75. The van der Waals surface area contributed by atoms with Gasteiger partial charge in [-0.3, -0.25) is 0 Å². The summed E-state index contributed by atoms with van der Waals surface area (Å²) in [7, 11) is -3.41. The lowest BCUT2D eigenvalue weighted by atomic mass is 10.5. The number of nitriles is 1. The molecule has 0 aromatic carbocycles. The van der Waals surface area contributed by atoms with Gasteiger partial charge in [-0.15, -0.1) is 0 Å². The van der Waals surface area contributed by atoms with Gasteiger partial charge < -0.3 is 0 Å². The van der Waals surface area contributed by atoms with E-state index >= 15 is 0 Å². The van der Waals surface area contributed by atoms with Crippen molar-refractivity contribution < 1.29 is 8.42 Å². The van der Waals surface area contributed by atoms with E-state index in [-0.39, 0.29) is 0 Å². The van der Waals surface area contributed by atoms with Gasteiger partial charge in [-0.05, 0) is 13.3 Å². The zero-order valence-corrected chi connectivity index (χ0v) is 9.15. The van der Waals surface area contributed by atoms with E-state index in [0.29, 0.717) is 6.54 Å². The first-order valence-corrected chi connectivity index (χ1v) is 6.15. The van der Waals surface area contributed by atoms with E-state index < -0.39 is 15.3 Å². The molecule has 6 heteroatoms. The Labute approximate surface area is 81.1 Å². The molecule has 0 aliphatic rings. The molecule has 12 heavy (non-hydrogen) atoms. The lowest BCUT2D eigenvalue weighted by Crippen LogP contribution is -2.32. The van der Waals surface area contributed by atoms with Crippen molar-refractivity contribution in [1.29, 1.82) is 5.26 Å². The average molecular weight is 255 g/mol. The van der Waals surface area contributed by atoms with Crippen LogP contribution in [0.2, 0.25) is 0 Å². The van der Waals surface area contributed by atoms with Gasteiger partial charge in [0, 0.05) is 11.9 Å². The summed E-state index contributed by atoms with van der Waals surface area (Å²) in [6.45, 7) is 1.73. The van der Waals surface area contributed by atoms with Crippen molar-refractivity contribution in [3.05, 3.63) is 0 Å². The molecule has 0 aromatic rings. The number of rotatable bonds is 5. The van der Waals surface area contributed by atoms with Gasteiger partial charge in [0.25, 0.3) is 0 Å². The van der Waals surface area contributed by atoms with Crippen molar-refractivity contribution in [2.45, 2.75) is 18.6 Å². The Hall–Kier alpha value is -0.120. The molecular weight excluding hydrogens is 244 g/mol. The first-order valence-electron chi connectivity index (χ1n) is 3.48. The third-order valence-electron chi connectivity index (χ3n) is 1.26. The number of hydrogen-bond acceptors (Lipinski definition) is 3. The molecule has 0 amide bonds. The van der Waals surface area contributed by atoms with Gasteiger partial charge in [0.2, 0.25) is 10.0 Å². The van der Waals surface area contributed by atoms with Crippen LogP contribution in [0.5, 0.6) is 0 Å². The van der Waals surface area contributed by atoms with Crippen molar-refractivity contribution in [3.63, 3.8) is 0 Å². The number of hydrogen-bond donors (Lipinski definition) is 1. The average Bonchev–Trinajstić information content (AvgIpc) is 2.03. The van der Waals surface area contributed by atoms with E-state index in [9.17, 15) is 8.42 Å². The summed E-state index contributed by atoms with van der Waals surface area (Å²) in [6.07, 6.45) is 0.720. The van der Waals surface area contributed by atoms with E-state index in [4.69, 9.17) is 5.26 Å². The fourth-order valence-electron chi connectivity index (χ4n) is 0.476. The topological polar surface area (TPSA) is 70.0 Å². The van der Waals surface area contributed by atoms with Crippen LogP contribution in [0.15, 0.2) is 0 Å². The number of nitrogens with zero attached hydrogens (tertiary/aromatic N) is 1. The molecule has 0 saturated carbocycles. The predicted molar refractivity (Wildman–Crippen MR) is 50.4 cm³/mol. The molecule has 1 atom stereocenters. The first kappa shape index (κ1) is 11.9. The molecule has 0 fully saturated rings. The molecule has 0 aliphatic carbocycles. The minimum Gasteiger partial charge on any atom is -0.214 e. The highest BCUT2D eigenvalue weighted by molar-refractivity contribution is 9.09. The van der Waals surface area contributed by atoms with Crippen LogP contribution in [0.3, 0.4) is 0 Å². The minimum absolute atomic E-state index is 0.375. The molecule has 0 aliphatic heterocycles. The van der Waals surface area contributed by atoms with Gasteiger partial charge in [-0.1, -0.05) is 15.9 Å². The standard InChI is InChI=1S/C6H11BrN2O2S/c1-6(5-8)12(10,11)9-4-2-3-7/h6,9H,2-4H2,1H3. The zero-order chi connectivity index (χ0) is 9.61. The summed E-state index contributed by atoms with van der Waals surface area (Å²) in [6, 6.07) is 1.67. The highest BCUT2D eigenvalue weighted by Crippen LogP contribution is 1.96. The highest BCUT2D eigenvalue weighted by atomic mass is 79.9. The number of halogens is 1. The Morgan fingerprint density at radius 3 is 2.67 bits per heavy atom. The number of nitrogens with one attached hydrogen (secondary N) is 1. The second-order valence-electron chi connectivity index (χ2n) is 2.25. The summed E-state index contributed by atoms with van der Waals surface area (Å²) < 4.78 is 24.5. The summed E-state index contributed by atoms with van der Waals surface area (Å²) in [5.74, 6) is 0.